The molecule has 0 spiro atoms. The molecule has 106 valence electrons. The monoisotopic (exact) mass is 275 g/mol. The fraction of sp³-hybridized carbons (Fsp3) is 0.400. The zero-order valence-corrected chi connectivity index (χ0v) is 11.3. The lowest BCUT2D eigenvalue weighted by Gasteiger charge is -2.22. The molecule has 4 nitrogen and oxygen atoms in total. The second-order valence-corrected chi connectivity index (χ2v) is 5.02. The maximum absolute atomic E-state index is 13.5. The van der Waals surface area contributed by atoms with Crippen molar-refractivity contribution in [3.05, 3.63) is 48.0 Å². The molecule has 1 saturated heterocycles. The average molecular weight is 275 g/mol. The van der Waals surface area contributed by atoms with Crippen LogP contribution in [0.4, 0.5) is 4.39 Å². The molecule has 0 aliphatic carbocycles. The number of benzene rings is 1. The average Bonchev–Trinajstić information content (AvgIpc) is 2.96. The van der Waals surface area contributed by atoms with Crippen molar-refractivity contribution in [3.63, 3.8) is 0 Å². The minimum Gasteiger partial charge on any atom is -0.486 e. The third-order valence-electron chi connectivity index (χ3n) is 3.61. The van der Waals surface area contributed by atoms with E-state index >= 15 is 0 Å². The smallest absolute Gasteiger partial charge is 0.157 e. The van der Waals surface area contributed by atoms with E-state index in [0.29, 0.717) is 17.4 Å². The lowest BCUT2D eigenvalue weighted by Crippen LogP contribution is -2.29. The van der Waals surface area contributed by atoms with E-state index < -0.39 is 0 Å². The molecule has 0 atom stereocenters. The second kappa shape index (κ2) is 6.05. The molecule has 3 rings (SSSR count). The van der Waals surface area contributed by atoms with Gasteiger partial charge in [-0.1, -0.05) is 18.2 Å². The fourth-order valence-electron chi connectivity index (χ4n) is 2.44. The van der Waals surface area contributed by atoms with Crippen LogP contribution in [0.5, 0.6) is 5.75 Å². The molecular weight excluding hydrogens is 257 g/mol. The van der Waals surface area contributed by atoms with E-state index in [2.05, 4.69) is 10.4 Å². The highest BCUT2D eigenvalue weighted by Gasteiger charge is 2.16. The molecule has 2 heterocycles. The Hall–Kier alpha value is -1.88. The van der Waals surface area contributed by atoms with Gasteiger partial charge in [-0.3, -0.25) is 4.68 Å². The number of hydrogen-bond donors (Lipinski definition) is 1. The third-order valence-corrected chi connectivity index (χ3v) is 3.61. The molecule has 2 aromatic rings. The highest BCUT2D eigenvalue weighted by molar-refractivity contribution is 5.18. The number of halogens is 1. The quantitative estimate of drug-likeness (QED) is 0.932. The summed E-state index contributed by atoms with van der Waals surface area (Å²) >= 11 is 0. The zero-order valence-electron chi connectivity index (χ0n) is 11.3. The molecule has 0 saturated carbocycles. The normalized spacial score (nSPS) is 16.2. The Morgan fingerprint density at radius 3 is 2.90 bits per heavy atom. The van der Waals surface area contributed by atoms with Gasteiger partial charge in [0, 0.05) is 5.56 Å². The first-order valence-electron chi connectivity index (χ1n) is 6.94. The first-order valence-corrected chi connectivity index (χ1v) is 6.94. The first-order chi connectivity index (χ1) is 9.83. The molecule has 0 amide bonds. The summed E-state index contributed by atoms with van der Waals surface area (Å²) in [6, 6.07) is 7.08. The van der Waals surface area contributed by atoms with Crippen LogP contribution in [0.15, 0.2) is 36.7 Å². The topological polar surface area (TPSA) is 39.1 Å². The highest BCUT2D eigenvalue weighted by atomic mass is 19.1. The standard InChI is InChI=1S/C15H18FN3O/c16-15-4-2-1-3-12(15)11-20-14-9-18-19(10-14)13-5-7-17-8-6-13/h1-4,9-10,13,17H,5-8,11H2. The molecule has 1 aliphatic heterocycles. The summed E-state index contributed by atoms with van der Waals surface area (Å²) in [4.78, 5) is 0. The van der Waals surface area contributed by atoms with Crippen LogP contribution in [0.3, 0.4) is 0 Å². The first kappa shape index (κ1) is 13.1. The van der Waals surface area contributed by atoms with Crippen LogP contribution in [-0.4, -0.2) is 22.9 Å². The molecule has 1 N–H and O–H groups in total. The van der Waals surface area contributed by atoms with Crippen LogP contribution in [0.25, 0.3) is 0 Å². The molecular formula is C15H18FN3O. The Bertz CT molecular complexity index is 564. The van der Waals surface area contributed by atoms with Crippen LogP contribution in [0.2, 0.25) is 0 Å². The summed E-state index contributed by atoms with van der Waals surface area (Å²) in [6.45, 7) is 2.27. The van der Waals surface area contributed by atoms with Gasteiger partial charge in [-0.25, -0.2) is 4.39 Å². The van der Waals surface area contributed by atoms with Crippen molar-refractivity contribution >= 4 is 0 Å². The lowest BCUT2D eigenvalue weighted by molar-refractivity contribution is 0.297. The Morgan fingerprint density at radius 2 is 2.10 bits per heavy atom. The van der Waals surface area contributed by atoms with Crippen molar-refractivity contribution in [1.29, 1.82) is 0 Å². The Kier molecular flexibility index (Phi) is 3.97. The van der Waals surface area contributed by atoms with Crippen molar-refractivity contribution < 1.29 is 9.13 Å². The number of nitrogens with zero attached hydrogens (tertiary/aromatic N) is 2. The Labute approximate surface area is 117 Å². The van der Waals surface area contributed by atoms with Gasteiger partial charge in [0.1, 0.15) is 12.4 Å². The lowest BCUT2D eigenvalue weighted by atomic mass is 10.1. The van der Waals surface area contributed by atoms with Crippen molar-refractivity contribution in [3.8, 4) is 5.75 Å². The van der Waals surface area contributed by atoms with Gasteiger partial charge in [-0.15, -0.1) is 0 Å². The van der Waals surface area contributed by atoms with Crippen LogP contribution in [0.1, 0.15) is 24.4 Å². The Morgan fingerprint density at radius 1 is 1.30 bits per heavy atom. The van der Waals surface area contributed by atoms with Gasteiger partial charge in [0.2, 0.25) is 0 Å². The molecule has 0 radical (unpaired) electrons. The molecule has 0 unspecified atom stereocenters. The minimum absolute atomic E-state index is 0.227. The predicted molar refractivity (Wildman–Crippen MR) is 74.1 cm³/mol. The van der Waals surface area contributed by atoms with Gasteiger partial charge < -0.3 is 10.1 Å². The number of ether oxygens (including phenoxy) is 1. The second-order valence-electron chi connectivity index (χ2n) is 5.02. The number of hydrogen-bond acceptors (Lipinski definition) is 3. The largest absolute Gasteiger partial charge is 0.486 e. The van der Waals surface area contributed by atoms with Crippen molar-refractivity contribution in [2.45, 2.75) is 25.5 Å². The van der Waals surface area contributed by atoms with Crippen molar-refractivity contribution in [1.82, 2.24) is 15.1 Å². The molecule has 1 aromatic carbocycles. The van der Waals surface area contributed by atoms with E-state index in [-0.39, 0.29) is 12.4 Å². The third kappa shape index (κ3) is 2.99. The maximum atomic E-state index is 13.5. The summed E-state index contributed by atoms with van der Waals surface area (Å²) in [7, 11) is 0. The van der Waals surface area contributed by atoms with E-state index in [0.717, 1.165) is 25.9 Å². The van der Waals surface area contributed by atoms with Crippen molar-refractivity contribution in [2.24, 2.45) is 0 Å². The SMILES string of the molecule is Fc1ccccc1COc1cnn(C2CCNCC2)c1. The number of piperidine rings is 1. The van der Waals surface area contributed by atoms with E-state index in [1.54, 1.807) is 24.4 Å². The van der Waals surface area contributed by atoms with Crippen LogP contribution in [-0.2, 0) is 6.61 Å². The Balaban J connectivity index is 1.61. The molecule has 0 bridgehead atoms. The number of nitrogens with one attached hydrogen (secondary N) is 1. The highest BCUT2D eigenvalue weighted by Crippen LogP contribution is 2.21. The van der Waals surface area contributed by atoms with Gasteiger partial charge in [0.15, 0.2) is 5.75 Å². The summed E-state index contributed by atoms with van der Waals surface area (Å²) < 4.78 is 21.0. The van der Waals surface area contributed by atoms with Gasteiger partial charge in [-0.05, 0) is 32.0 Å². The summed E-state index contributed by atoms with van der Waals surface area (Å²) in [5.41, 5.74) is 0.558. The van der Waals surface area contributed by atoms with Crippen LogP contribution < -0.4 is 10.1 Å². The van der Waals surface area contributed by atoms with E-state index in [4.69, 9.17) is 4.74 Å². The van der Waals surface area contributed by atoms with Gasteiger partial charge >= 0.3 is 0 Å². The molecule has 1 fully saturated rings. The van der Waals surface area contributed by atoms with Gasteiger partial charge in [0.05, 0.1) is 18.4 Å². The maximum Gasteiger partial charge on any atom is 0.157 e. The van der Waals surface area contributed by atoms with E-state index in [1.165, 1.54) is 6.07 Å². The molecule has 1 aromatic heterocycles. The molecule has 20 heavy (non-hydrogen) atoms. The van der Waals surface area contributed by atoms with Crippen LogP contribution in [0, 0.1) is 5.82 Å². The minimum atomic E-state index is -0.238. The summed E-state index contributed by atoms with van der Waals surface area (Å²) in [6.07, 6.45) is 5.75. The molecule has 1 aliphatic rings. The van der Waals surface area contributed by atoms with E-state index in [1.807, 2.05) is 10.9 Å². The number of aromatic nitrogens is 2. The van der Waals surface area contributed by atoms with Crippen molar-refractivity contribution in [2.75, 3.05) is 13.1 Å². The summed E-state index contributed by atoms with van der Waals surface area (Å²) in [5.74, 6) is 0.449. The predicted octanol–water partition coefficient (Wildman–Crippen LogP) is 2.53. The van der Waals surface area contributed by atoms with E-state index in [9.17, 15) is 4.39 Å². The molecule has 5 heteroatoms. The van der Waals surface area contributed by atoms with Crippen LogP contribution >= 0.6 is 0 Å². The van der Waals surface area contributed by atoms with Gasteiger partial charge in [0.25, 0.3) is 0 Å². The zero-order chi connectivity index (χ0) is 13.8. The fourth-order valence-corrected chi connectivity index (χ4v) is 2.44. The van der Waals surface area contributed by atoms with Gasteiger partial charge in [-0.2, -0.15) is 5.10 Å². The number of rotatable bonds is 4. The summed E-state index contributed by atoms with van der Waals surface area (Å²) in [5, 5.41) is 7.67.